The second-order valence-corrected chi connectivity index (χ2v) is 9.80. The predicted octanol–water partition coefficient (Wildman–Crippen LogP) is 3.13. The lowest BCUT2D eigenvalue weighted by Crippen LogP contribution is -2.39. The van der Waals surface area contributed by atoms with Crippen LogP contribution in [0.4, 0.5) is 0 Å². The van der Waals surface area contributed by atoms with E-state index < -0.39 is 9.84 Å². The molecule has 1 aliphatic heterocycles. The van der Waals surface area contributed by atoms with Crippen LogP contribution in [0.1, 0.15) is 68.2 Å². The Kier molecular flexibility index (Phi) is 5.00. The molecule has 1 aliphatic carbocycles. The number of carbonyl (C=O) groups is 1. The third kappa shape index (κ3) is 3.82. The quantitative estimate of drug-likeness (QED) is 0.912. The van der Waals surface area contributed by atoms with Gasteiger partial charge in [0.2, 0.25) is 5.91 Å². The van der Waals surface area contributed by atoms with Gasteiger partial charge in [0.05, 0.1) is 17.5 Å². The van der Waals surface area contributed by atoms with Crippen LogP contribution in [0.15, 0.2) is 18.2 Å². The van der Waals surface area contributed by atoms with Crippen molar-refractivity contribution in [2.24, 2.45) is 5.92 Å². The first kappa shape index (κ1) is 17.5. The minimum atomic E-state index is -2.93. The van der Waals surface area contributed by atoms with Crippen molar-refractivity contribution < 1.29 is 13.2 Å². The minimum Gasteiger partial charge on any atom is -0.349 e. The number of fused-ring (bicyclic) bond motifs is 1. The SMILES string of the molecule is CC(C)c1ccc2c(c1)[C@@H](NC(=O)C1CCS(=O)(=O)CC1)CCC2. The Hall–Kier alpha value is -1.36. The summed E-state index contributed by atoms with van der Waals surface area (Å²) in [5.74, 6) is 0.621. The van der Waals surface area contributed by atoms with Gasteiger partial charge in [0.15, 0.2) is 0 Å². The Morgan fingerprint density at radius 1 is 1.17 bits per heavy atom. The fraction of sp³-hybridized carbons (Fsp3) is 0.632. The maximum absolute atomic E-state index is 12.6. The van der Waals surface area contributed by atoms with Crippen LogP contribution in [0.2, 0.25) is 0 Å². The standard InChI is InChI=1S/C19H27NO3S/c1-13(2)16-7-6-14-4-3-5-18(17(14)12-16)20-19(21)15-8-10-24(22,23)11-9-15/h6-7,12-13,15,18H,3-5,8-11H2,1-2H3,(H,20,21)/t18-/m0/s1. The van der Waals surface area contributed by atoms with Gasteiger partial charge in [-0.25, -0.2) is 8.42 Å². The van der Waals surface area contributed by atoms with E-state index in [2.05, 4.69) is 37.4 Å². The highest BCUT2D eigenvalue weighted by atomic mass is 32.2. The van der Waals surface area contributed by atoms with Crippen molar-refractivity contribution in [1.29, 1.82) is 0 Å². The van der Waals surface area contributed by atoms with Gasteiger partial charge in [-0.15, -0.1) is 0 Å². The highest BCUT2D eigenvalue weighted by molar-refractivity contribution is 7.91. The van der Waals surface area contributed by atoms with Crippen molar-refractivity contribution in [2.75, 3.05) is 11.5 Å². The number of aryl methyl sites for hydroxylation is 1. The first-order valence-electron chi connectivity index (χ1n) is 8.99. The number of carbonyl (C=O) groups excluding carboxylic acids is 1. The second kappa shape index (κ2) is 6.87. The number of hydrogen-bond donors (Lipinski definition) is 1. The molecule has 4 nitrogen and oxygen atoms in total. The van der Waals surface area contributed by atoms with E-state index in [1.54, 1.807) is 0 Å². The molecule has 1 saturated heterocycles. The summed E-state index contributed by atoms with van der Waals surface area (Å²) in [6.07, 6.45) is 4.03. The van der Waals surface area contributed by atoms with Crippen molar-refractivity contribution in [1.82, 2.24) is 5.32 Å². The Balaban J connectivity index is 1.73. The topological polar surface area (TPSA) is 63.2 Å². The zero-order valence-corrected chi connectivity index (χ0v) is 15.4. The molecule has 2 aliphatic rings. The molecule has 1 fully saturated rings. The Morgan fingerprint density at radius 3 is 2.54 bits per heavy atom. The molecular weight excluding hydrogens is 322 g/mol. The molecular formula is C19H27NO3S. The van der Waals surface area contributed by atoms with Crippen molar-refractivity contribution in [3.63, 3.8) is 0 Å². The molecule has 1 amide bonds. The van der Waals surface area contributed by atoms with Gasteiger partial charge >= 0.3 is 0 Å². The first-order chi connectivity index (χ1) is 11.4. The average Bonchev–Trinajstić information content (AvgIpc) is 2.54. The number of amides is 1. The van der Waals surface area contributed by atoms with E-state index in [-0.39, 0.29) is 29.4 Å². The fourth-order valence-corrected chi connectivity index (χ4v) is 5.26. The highest BCUT2D eigenvalue weighted by Gasteiger charge is 2.31. The van der Waals surface area contributed by atoms with Gasteiger partial charge in [-0.3, -0.25) is 4.79 Å². The maximum atomic E-state index is 12.6. The Labute approximate surface area is 145 Å². The summed E-state index contributed by atoms with van der Waals surface area (Å²) in [6.45, 7) is 4.36. The molecule has 0 aromatic heterocycles. The van der Waals surface area contributed by atoms with E-state index in [0.717, 1.165) is 19.3 Å². The van der Waals surface area contributed by atoms with Gasteiger partial charge in [-0.05, 0) is 54.7 Å². The van der Waals surface area contributed by atoms with Crippen molar-refractivity contribution >= 4 is 15.7 Å². The zero-order valence-electron chi connectivity index (χ0n) is 14.5. The van der Waals surface area contributed by atoms with Gasteiger partial charge in [0.1, 0.15) is 9.84 Å². The summed E-state index contributed by atoms with van der Waals surface area (Å²) in [4.78, 5) is 12.6. The van der Waals surface area contributed by atoms with Crippen LogP contribution in [-0.4, -0.2) is 25.8 Å². The summed E-state index contributed by atoms with van der Waals surface area (Å²) >= 11 is 0. The van der Waals surface area contributed by atoms with Crippen molar-refractivity contribution in [3.8, 4) is 0 Å². The molecule has 0 radical (unpaired) electrons. The molecule has 3 rings (SSSR count). The van der Waals surface area contributed by atoms with Gasteiger partial charge in [0, 0.05) is 5.92 Å². The molecule has 24 heavy (non-hydrogen) atoms. The van der Waals surface area contributed by atoms with Crippen molar-refractivity contribution in [3.05, 3.63) is 34.9 Å². The average molecular weight is 349 g/mol. The van der Waals surface area contributed by atoms with E-state index in [4.69, 9.17) is 0 Å². The number of hydrogen-bond acceptors (Lipinski definition) is 3. The molecule has 0 unspecified atom stereocenters. The van der Waals surface area contributed by atoms with E-state index in [9.17, 15) is 13.2 Å². The third-order valence-corrected chi connectivity index (χ3v) is 7.11. The molecule has 132 valence electrons. The smallest absolute Gasteiger partial charge is 0.223 e. The zero-order chi connectivity index (χ0) is 17.3. The second-order valence-electron chi connectivity index (χ2n) is 7.49. The van der Waals surface area contributed by atoms with E-state index in [1.165, 1.54) is 16.7 Å². The van der Waals surface area contributed by atoms with E-state index >= 15 is 0 Å². The molecule has 1 aromatic carbocycles. The summed E-state index contributed by atoms with van der Waals surface area (Å²) in [5.41, 5.74) is 3.89. The normalized spacial score (nSPS) is 23.7. The Bertz CT molecular complexity index is 710. The van der Waals surface area contributed by atoms with Gasteiger partial charge < -0.3 is 5.32 Å². The monoisotopic (exact) mass is 349 g/mol. The maximum Gasteiger partial charge on any atom is 0.223 e. The summed E-state index contributed by atoms with van der Waals surface area (Å²) in [7, 11) is -2.93. The molecule has 1 heterocycles. The summed E-state index contributed by atoms with van der Waals surface area (Å²) in [6, 6.07) is 6.71. The molecule has 1 N–H and O–H groups in total. The van der Waals surface area contributed by atoms with Crippen LogP contribution in [0.25, 0.3) is 0 Å². The lowest BCUT2D eigenvalue weighted by Gasteiger charge is -2.30. The lowest BCUT2D eigenvalue weighted by atomic mass is 9.84. The van der Waals surface area contributed by atoms with Crippen LogP contribution in [-0.2, 0) is 21.1 Å². The molecule has 0 bridgehead atoms. The third-order valence-electron chi connectivity index (χ3n) is 5.39. The lowest BCUT2D eigenvalue weighted by molar-refractivity contribution is -0.126. The summed E-state index contributed by atoms with van der Waals surface area (Å²) < 4.78 is 23.1. The first-order valence-corrected chi connectivity index (χ1v) is 10.8. The highest BCUT2D eigenvalue weighted by Crippen LogP contribution is 2.33. The number of rotatable bonds is 3. The summed E-state index contributed by atoms with van der Waals surface area (Å²) in [5, 5.41) is 3.20. The van der Waals surface area contributed by atoms with Crippen LogP contribution < -0.4 is 5.32 Å². The largest absolute Gasteiger partial charge is 0.349 e. The fourth-order valence-electron chi connectivity index (χ4n) is 3.77. The molecule has 0 saturated carbocycles. The number of benzene rings is 1. The molecule has 0 spiro atoms. The molecule has 5 heteroatoms. The Morgan fingerprint density at radius 2 is 1.88 bits per heavy atom. The predicted molar refractivity (Wildman–Crippen MR) is 95.7 cm³/mol. The van der Waals surface area contributed by atoms with Gasteiger partial charge in [-0.2, -0.15) is 0 Å². The number of nitrogens with one attached hydrogen (secondary N) is 1. The van der Waals surface area contributed by atoms with E-state index in [1.807, 2.05) is 0 Å². The molecule has 1 atom stereocenters. The van der Waals surface area contributed by atoms with E-state index in [0.29, 0.717) is 18.8 Å². The van der Waals surface area contributed by atoms with Gasteiger partial charge in [-0.1, -0.05) is 32.0 Å². The van der Waals surface area contributed by atoms with Crippen LogP contribution >= 0.6 is 0 Å². The minimum absolute atomic E-state index is 0.0256. The van der Waals surface area contributed by atoms with Gasteiger partial charge in [0.25, 0.3) is 0 Å². The van der Waals surface area contributed by atoms with Crippen LogP contribution in [0.3, 0.4) is 0 Å². The van der Waals surface area contributed by atoms with Crippen LogP contribution in [0.5, 0.6) is 0 Å². The molecule has 1 aromatic rings. The number of sulfone groups is 1. The van der Waals surface area contributed by atoms with Crippen LogP contribution in [0, 0.1) is 5.92 Å². The van der Waals surface area contributed by atoms with Crippen molar-refractivity contribution in [2.45, 2.75) is 57.9 Å².